The van der Waals surface area contributed by atoms with Crippen LogP contribution >= 0.6 is 0 Å². The highest BCUT2D eigenvalue weighted by Crippen LogP contribution is 2.16. The molecule has 2 rings (SSSR count). The molecule has 2 fully saturated rings. The first-order valence-electron chi connectivity index (χ1n) is 7.69. The van der Waals surface area contributed by atoms with Gasteiger partial charge in [-0.2, -0.15) is 0 Å². The first-order chi connectivity index (χ1) is 10.1. The monoisotopic (exact) mass is 299 g/mol. The molecule has 7 heteroatoms. The van der Waals surface area contributed by atoms with E-state index >= 15 is 0 Å². The Kier molecular flexibility index (Phi) is 5.81. The molecule has 2 heterocycles. The Labute approximate surface area is 125 Å². The van der Waals surface area contributed by atoms with Crippen LogP contribution in [-0.2, 0) is 9.53 Å². The smallest absolute Gasteiger partial charge is 0.328 e. The number of hydrogen-bond donors (Lipinski definition) is 2. The molecule has 2 saturated heterocycles. The van der Waals surface area contributed by atoms with Gasteiger partial charge in [0.25, 0.3) is 0 Å². The molecule has 120 valence electrons. The molecule has 0 radical (unpaired) electrons. The fourth-order valence-electron chi connectivity index (χ4n) is 2.89. The first-order valence-corrected chi connectivity index (χ1v) is 7.69. The number of morpholine rings is 1. The van der Waals surface area contributed by atoms with Gasteiger partial charge in [-0.05, 0) is 38.4 Å². The van der Waals surface area contributed by atoms with Gasteiger partial charge in [0.1, 0.15) is 0 Å². The standard InChI is InChI=1S/C14H25N3O4/c1-2-16-5-3-11(4-6-16)9-15-14(20)17-7-8-21-10-12(17)13(18)19/h11-12H,2-10H2,1H3,(H,15,20)(H,18,19). The fourth-order valence-corrected chi connectivity index (χ4v) is 2.89. The highest BCUT2D eigenvalue weighted by molar-refractivity contribution is 5.83. The SMILES string of the molecule is CCN1CCC(CNC(=O)N2CCOCC2C(=O)O)CC1. The number of amides is 2. The fraction of sp³-hybridized carbons (Fsp3) is 0.857. The van der Waals surface area contributed by atoms with Crippen LogP contribution in [0, 0.1) is 5.92 Å². The largest absolute Gasteiger partial charge is 0.480 e. The van der Waals surface area contributed by atoms with Gasteiger partial charge < -0.3 is 25.0 Å². The molecule has 0 aromatic rings. The van der Waals surface area contributed by atoms with Crippen LogP contribution in [0.4, 0.5) is 4.79 Å². The van der Waals surface area contributed by atoms with Crippen LogP contribution in [-0.4, -0.2) is 78.9 Å². The van der Waals surface area contributed by atoms with Crippen LogP contribution in [0.1, 0.15) is 19.8 Å². The van der Waals surface area contributed by atoms with Crippen LogP contribution in [0.25, 0.3) is 0 Å². The zero-order chi connectivity index (χ0) is 15.2. The second-order valence-electron chi connectivity index (χ2n) is 5.69. The van der Waals surface area contributed by atoms with Gasteiger partial charge in [-0.3, -0.25) is 0 Å². The molecule has 2 aliphatic rings. The van der Waals surface area contributed by atoms with Gasteiger partial charge in [0.2, 0.25) is 0 Å². The lowest BCUT2D eigenvalue weighted by atomic mass is 9.97. The van der Waals surface area contributed by atoms with Gasteiger partial charge in [-0.1, -0.05) is 6.92 Å². The van der Waals surface area contributed by atoms with E-state index in [2.05, 4.69) is 17.1 Å². The highest BCUT2D eigenvalue weighted by atomic mass is 16.5. The van der Waals surface area contributed by atoms with Crippen molar-refractivity contribution in [2.45, 2.75) is 25.8 Å². The molecule has 0 aliphatic carbocycles. The predicted octanol–water partition coefficient (Wildman–Crippen LogP) is 0.213. The average Bonchev–Trinajstić information content (AvgIpc) is 2.53. The number of nitrogens with zero attached hydrogens (tertiary/aromatic N) is 2. The quantitative estimate of drug-likeness (QED) is 0.775. The summed E-state index contributed by atoms with van der Waals surface area (Å²) in [5.74, 6) is -0.526. The molecule has 2 amide bonds. The minimum absolute atomic E-state index is 0.0671. The Hall–Kier alpha value is -1.34. The van der Waals surface area contributed by atoms with Gasteiger partial charge in [0.15, 0.2) is 6.04 Å². The molecular weight excluding hydrogens is 274 g/mol. The molecule has 0 saturated carbocycles. The third-order valence-corrected chi connectivity index (χ3v) is 4.37. The van der Waals surface area contributed by atoms with Crippen molar-refractivity contribution in [3.05, 3.63) is 0 Å². The summed E-state index contributed by atoms with van der Waals surface area (Å²) >= 11 is 0. The third kappa shape index (κ3) is 4.31. The molecule has 2 N–H and O–H groups in total. The van der Waals surface area contributed by atoms with Crippen LogP contribution in [0.3, 0.4) is 0 Å². The predicted molar refractivity (Wildman–Crippen MR) is 77.2 cm³/mol. The van der Waals surface area contributed by atoms with Crippen LogP contribution in [0.15, 0.2) is 0 Å². The summed E-state index contributed by atoms with van der Waals surface area (Å²) in [6.45, 7) is 6.80. The number of hydrogen-bond acceptors (Lipinski definition) is 4. The molecule has 21 heavy (non-hydrogen) atoms. The summed E-state index contributed by atoms with van der Waals surface area (Å²) < 4.78 is 5.13. The zero-order valence-electron chi connectivity index (χ0n) is 12.6. The lowest BCUT2D eigenvalue weighted by Crippen LogP contribution is -2.56. The van der Waals surface area contributed by atoms with Crippen LogP contribution in [0.2, 0.25) is 0 Å². The highest BCUT2D eigenvalue weighted by Gasteiger charge is 2.33. The van der Waals surface area contributed by atoms with Crippen molar-refractivity contribution >= 4 is 12.0 Å². The molecule has 0 bridgehead atoms. The molecule has 0 spiro atoms. The van der Waals surface area contributed by atoms with E-state index in [1.54, 1.807) is 0 Å². The van der Waals surface area contributed by atoms with E-state index in [9.17, 15) is 9.59 Å². The van der Waals surface area contributed by atoms with E-state index < -0.39 is 12.0 Å². The summed E-state index contributed by atoms with van der Waals surface area (Å²) in [5.41, 5.74) is 0. The number of carbonyl (C=O) groups is 2. The van der Waals surface area contributed by atoms with Gasteiger partial charge >= 0.3 is 12.0 Å². The number of piperidine rings is 1. The second kappa shape index (κ2) is 7.61. The number of nitrogens with one attached hydrogen (secondary N) is 1. The van der Waals surface area contributed by atoms with E-state index in [1.165, 1.54) is 4.90 Å². The summed E-state index contributed by atoms with van der Waals surface area (Å²) in [5, 5.41) is 12.0. The Bertz CT molecular complexity index is 369. The van der Waals surface area contributed by atoms with Crippen molar-refractivity contribution in [1.29, 1.82) is 0 Å². The number of carboxylic acids is 1. The van der Waals surface area contributed by atoms with E-state index in [0.717, 1.165) is 32.5 Å². The number of aliphatic carboxylic acids is 1. The topological polar surface area (TPSA) is 82.1 Å². The number of likely N-dealkylation sites (tertiary alicyclic amines) is 1. The van der Waals surface area contributed by atoms with Crippen molar-refractivity contribution in [3.8, 4) is 0 Å². The van der Waals surface area contributed by atoms with Crippen LogP contribution < -0.4 is 5.32 Å². The number of urea groups is 1. The first kappa shape index (κ1) is 16.0. The Balaban J connectivity index is 1.77. The summed E-state index contributed by atoms with van der Waals surface area (Å²) in [7, 11) is 0. The molecule has 0 aromatic heterocycles. The van der Waals surface area contributed by atoms with Gasteiger partial charge in [-0.25, -0.2) is 9.59 Å². The third-order valence-electron chi connectivity index (χ3n) is 4.37. The van der Waals surface area contributed by atoms with Gasteiger partial charge in [0.05, 0.1) is 13.2 Å². The number of ether oxygens (including phenoxy) is 1. The number of carbonyl (C=O) groups excluding carboxylic acids is 1. The Morgan fingerprint density at radius 1 is 1.29 bits per heavy atom. The van der Waals surface area contributed by atoms with E-state index in [4.69, 9.17) is 9.84 Å². The molecule has 2 aliphatic heterocycles. The molecule has 0 aromatic carbocycles. The molecule has 1 unspecified atom stereocenters. The van der Waals surface area contributed by atoms with E-state index in [0.29, 0.717) is 25.6 Å². The minimum atomic E-state index is -1.01. The number of carboxylic acid groups (broad SMARTS) is 1. The molecular formula is C14H25N3O4. The molecule has 7 nitrogen and oxygen atoms in total. The average molecular weight is 299 g/mol. The summed E-state index contributed by atoms with van der Waals surface area (Å²) in [6, 6.07) is -1.16. The summed E-state index contributed by atoms with van der Waals surface area (Å²) in [4.78, 5) is 27.1. The molecule has 1 atom stereocenters. The van der Waals surface area contributed by atoms with E-state index in [1.807, 2.05) is 0 Å². The zero-order valence-corrected chi connectivity index (χ0v) is 12.6. The lowest BCUT2D eigenvalue weighted by Gasteiger charge is -2.34. The number of rotatable bonds is 4. The minimum Gasteiger partial charge on any atom is -0.480 e. The Morgan fingerprint density at radius 2 is 2.00 bits per heavy atom. The van der Waals surface area contributed by atoms with Crippen molar-refractivity contribution in [3.63, 3.8) is 0 Å². The Morgan fingerprint density at radius 3 is 2.62 bits per heavy atom. The maximum atomic E-state index is 12.2. The lowest BCUT2D eigenvalue weighted by molar-refractivity contribution is -0.147. The summed E-state index contributed by atoms with van der Waals surface area (Å²) in [6.07, 6.45) is 2.17. The van der Waals surface area contributed by atoms with Crippen LogP contribution in [0.5, 0.6) is 0 Å². The second-order valence-corrected chi connectivity index (χ2v) is 5.69. The maximum Gasteiger partial charge on any atom is 0.328 e. The van der Waals surface area contributed by atoms with E-state index in [-0.39, 0.29) is 12.6 Å². The van der Waals surface area contributed by atoms with Crippen molar-refractivity contribution in [1.82, 2.24) is 15.1 Å². The normalized spacial score (nSPS) is 24.8. The van der Waals surface area contributed by atoms with Crippen molar-refractivity contribution < 1.29 is 19.4 Å². The van der Waals surface area contributed by atoms with Gasteiger partial charge in [0, 0.05) is 13.1 Å². The van der Waals surface area contributed by atoms with Crippen molar-refractivity contribution in [2.75, 3.05) is 45.9 Å². The van der Waals surface area contributed by atoms with Crippen molar-refractivity contribution in [2.24, 2.45) is 5.92 Å². The maximum absolute atomic E-state index is 12.2. The van der Waals surface area contributed by atoms with Gasteiger partial charge in [-0.15, -0.1) is 0 Å².